The van der Waals surface area contributed by atoms with Crippen LogP contribution < -0.4 is 0 Å². The predicted molar refractivity (Wildman–Crippen MR) is 80.9 cm³/mol. The molecule has 0 N–H and O–H groups in total. The average Bonchev–Trinajstić information content (AvgIpc) is 2.42. The lowest BCUT2D eigenvalue weighted by molar-refractivity contribution is -0.255. The zero-order chi connectivity index (χ0) is 18.4. The minimum atomic E-state index is -1.13. The molecule has 1 saturated heterocycles. The predicted octanol–water partition coefficient (Wildman–Crippen LogP) is 0.464. The van der Waals surface area contributed by atoms with Gasteiger partial charge in [0.15, 0.2) is 12.2 Å². The summed E-state index contributed by atoms with van der Waals surface area (Å²) < 4.78 is 25.8. The third-order valence-corrected chi connectivity index (χ3v) is 3.86. The summed E-state index contributed by atoms with van der Waals surface area (Å²) in [6.07, 6.45) is -4.17. The van der Waals surface area contributed by atoms with E-state index < -0.39 is 53.3 Å². The highest BCUT2D eigenvalue weighted by Crippen LogP contribution is 2.32. The van der Waals surface area contributed by atoms with Gasteiger partial charge < -0.3 is 23.7 Å². The minimum absolute atomic E-state index is 0.275. The van der Waals surface area contributed by atoms with Gasteiger partial charge in [0.2, 0.25) is 6.29 Å². The Morgan fingerprint density at radius 1 is 0.833 bits per heavy atom. The van der Waals surface area contributed by atoms with Gasteiger partial charge in [0.25, 0.3) is 0 Å². The lowest BCUT2D eigenvalue weighted by Gasteiger charge is -2.42. The summed E-state index contributed by atoms with van der Waals surface area (Å²) in [6, 6.07) is 0. The van der Waals surface area contributed by atoms with Crippen LogP contribution in [0.1, 0.15) is 27.7 Å². The average molecular weight is 411 g/mol. The van der Waals surface area contributed by atoms with Gasteiger partial charge in [0.05, 0.1) is 0 Å². The first-order chi connectivity index (χ1) is 11.1. The maximum atomic E-state index is 11.4. The molecular weight excluding hydrogens is 392 g/mol. The van der Waals surface area contributed by atoms with Crippen LogP contribution in [0.3, 0.4) is 0 Å². The first-order valence-electron chi connectivity index (χ1n) is 7.06. The van der Waals surface area contributed by atoms with Crippen molar-refractivity contribution >= 4 is 39.8 Å². The van der Waals surface area contributed by atoms with Crippen LogP contribution in [0.4, 0.5) is 0 Å². The first-order valence-corrected chi connectivity index (χ1v) is 7.98. The second kappa shape index (κ2) is 8.97. The monoisotopic (exact) mass is 410 g/mol. The molecule has 0 aromatic heterocycles. The van der Waals surface area contributed by atoms with Gasteiger partial charge in [-0.15, -0.1) is 0 Å². The Balaban J connectivity index is 3.08. The molecule has 9 nitrogen and oxygen atoms in total. The zero-order valence-corrected chi connectivity index (χ0v) is 15.2. The summed E-state index contributed by atoms with van der Waals surface area (Å²) in [7, 11) is 0. The van der Waals surface area contributed by atoms with Crippen molar-refractivity contribution in [3.8, 4) is 0 Å². The molecule has 1 rings (SSSR count). The Morgan fingerprint density at radius 3 is 1.79 bits per heavy atom. The Labute approximate surface area is 147 Å². The van der Waals surface area contributed by atoms with Crippen LogP contribution in [-0.2, 0) is 42.9 Å². The number of ether oxygens (including phenoxy) is 5. The number of carbonyl (C=O) groups excluding carboxylic acids is 4. The highest BCUT2D eigenvalue weighted by Gasteiger charge is 2.50. The Morgan fingerprint density at radius 2 is 1.33 bits per heavy atom. The molecule has 5 atom stereocenters. The van der Waals surface area contributed by atoms with E-state index in [1.54, 1.807) is 0 Å². The lowest BCUT2D eigenvalue weighted by atomic mass is 10.0. The van der Waals surface area contributed by atoms with E-state index in [1.807, 2.05) is 0 Å². The quantitative estimate of drug-likeness (QED) is 0.362. The third kappa shape index (κ3) is 6.08. The van der Waals surface area contributed by atoms with Gasteiger partial charge >= 0.3 is 23.9 Å². The van der Waals surface area contributed by atoms with Crippen molar-refractivity contribution in [1.29, 1.82) is 0 Å². The van der Waals surface area contributed by atoms with E-state index in [9.17, 15) is 19.2 Å². The minimum Gasteiger partial charge on any atom is -0.463 e. The van der Waals surface area contributed by atoms with Crippen LogP contribution >= 0.6 is 15.9 Å². The SMILES string of the molecule is CC(=O)OC[C@H]1O[C@H](OC(C)=O)[C@H](Br)[C@@H](OC(C)=O)[C@@H]1OC(C)=O. The number of esters is 4. The van der Waals surface area contributed by atoms with Gasteiger partial charge in [-0.3, -0.25) is 19.2 Å². The zero-order valence-electron chi connectivity index (χ0n) is 13.6. The molecule has 136 valence electrons. The van der Waals surface area contributed by atoms with Gasteiger partial charge in [-0.2, -0.15) is 0 Å². The topological polar surface area (TPSA) is 114 Å². The first kappa shape index (κ1) is 20.4. The van der Waals surface area contributed by atoms with E-state index in [4.69, 9.17) is 23.7 Å². The van der Waals surface area contributed by atoms with Gasteiger partial charge in [0.1, 0.15) is 17.5 Å². The van der Waals surface area contributed by atoms with E-state index in [-0.39, 0.29) is 6.61 Å². The van der Waals surface area contributed by atoms with Crippen molar-refractivity contribution in [2.24, 2.45) is 0 Å². The number of rotatable bonds is 5. The number of carbonyl (C=O) groups is 4. The number of hydrogen-bond acceptors (Lipinski definition) is 9. The molecule has 1 heterocycles. The molecule has 0 bridgehead atoms. The molecule has 0 aliphatic carbocycles. The normalized spacial score (nSPS) is 29.3. The van der Waals surface area contributed by atoms with Gasteiger partial charge in [-0.1, -0.05) is 15.9 Å². The smallest absolute Gasteiger partial charge is 0.304 e. The fraction of sp³-hybridized carbons (Fsp3) is 0.714. The molecule has 0 unspecified atom stereocenters. The van der Waals surface area contributed by atoms with Gasteiger partial charge in [-0.05, 0) is 0 Å². The molecular formula is C14H19BrO9. The summed E-state index contributed by atoms with van der Waals surface area (Å²) in [5.74, 6) is -2.46. The fourth-order valence-electron chi connectivity index (χ4n) is 2.12. The summed E-state index contributed by atoms with van der Waals surface area (Å²) in [5.41, 5.74) is 0. The van der Waals surface area contributed by atoms with Crippen molar-refractivity contribution in [1.82, 2.24) is 0 Å². The van der Waals surface area contributed by atoms with Crippen LogP contribution in [0.5, 0.6) is 0 Å². The molecule has 0 radical (unpaired) electrons. The molecule has 10 heteroatoms. The van der Waals surface area contributed by atoms with Crippen LogP contribution in [0.15, 0.2) is 0 Å². The van der Waals surface area contributed by atoms with E-state index >= 15 is 0 Å². The maximum absolute atomic E-state index is 11.4. The number of halogens is 1. The van der Waals surface area contributed by atoms with Crippen molar-refractivity contribution in [3.05, 3.63) is 0 Å². The largest absolute Gasteiger partial charge is 0.463 e. The maximum Gasteiger partial charge on any atom is 0.304 e. The van der Waals surface area contributed by atoms with E-state index in [1.165, 1.54) is 27.7 Å². The third-order valence-electron chi connectivity index (χ3n) is 2.91. The molecule has 0 spiro atoms. The number of hydrogen-bond donors (Lipinski definition) is 0. The summed E-state index contributed by atoms with van der Waals surface area (Å²) >= 11 is 3.24. The fourth-order valence-corrected chi connectivity index (χ4v) is 2.76. The summed E-state index contributed by atoms with van der Waals surface area (Å²) in [5, 5.41) is 0. The molecule has 0 amide bonds. The second-order valence-corrected chi connectivity index (χ2v) is 6.10. The lowest BCUT2D eigenvalue weighted by Crippen LogP contribution is -2.60. The van der Waals surface area contributed by atoms with Gasteiger partial charge in [0, 0.05) is 27.7 Å². The summed E-state index contributed by atoms with van der Waals surface area (Å²) in [6.45, 7) is 4.47. The molecule has 1 aliphatic heterocycles. The molecule has 0 aromatic rings. The second-order valence-electron chi connectivity index (χ2n) is 5.05. The molecule has 0 aromatic carbocycles. The van der Waals surface area contributed by atoms with E-state index in [0.717, 1.165) is 0 Å². The van der Waals surface area contributed by atoms with Crippen molar-refractivity contribution in [3.63, 3.8) is 0 Å². The van der Waals surface area contributed by atoms with Crippen LogP contribution in [0, 0.1) is 0 Å². The van der Waals surface area contributed by atoms with Crippen molar-refractivity contribution in [2.75, 3.05) is 6.61 Å². The Hall–Kier alpha value is -1.68. The summed E-state index contributed by atoms with van der Waals surface area (Å²) in [4.78, 5) is 44.2. The molecule has 1 aliphatic rings. The molecule has 0 saturated carbocycles. The molecule has 1 fully saturated rings. The van der Waals surface area contributed by atoms with E-state index in [0.29, 0.717) is 0 Å². The van der Waals surface area contributed by atoms with Crippen molar-refractivity contribution in [2.45, 2.75) is 57.1 Å². The van der Waals surface area contributed by atoms with Crippen LogP contribution in [-0.4, -0.2) is 59.9 Å². The van der Waals surface area contributed by atoms with Crippen LogP contribution in [0.25, 0.3) is 0 Å². The van der Waals surface area contributed by atoms with E-state index in [2.05, 4.69) is 15.9 Å². The van der Waals surface area contributed by atoms with Crippen LogP contribution in [0.2, 0.25) is 0 Å². The Bertz CT molecular complexity index is 490. The Kier molecular flexibility index (Phi) is 7.61. The van der Waals surface area contributed by atoms with Gasteiger partial charge in [-0.25, -0.2) is 0 Å². The van der Waals surface area contributed by atoms with Crippen molar-refractivity contribution < 1.29 is 42.9 Å². The highest BCUT2D eigenvalue weighted by molar-refractivity contribution is 9.09. The standard InChI is InChI=1S/C14H19BrO9/c1-6(16)20-5-10-12(21-7(2)17)13(22-8(3)18)11(15)14(24-10)23-9(4)19/h10-14H,5H2,1-4H3/t10-,11-,12-,13-,14+/m1/s1. The number of alkyl halides is 1. The highest BCUT2D eigenvalue weighted by atomic mass is 79.9. The molecule has 24 heavy (non-hydrogen) atoms.